The smallest absolute Gasteiger partial charge is 0.0593 e. The van der Waals surface area contributed by atoms with Gasteiger partial charge in [-0.25, -0.2) is 0 Å². The zero-order valence-electron chi connectivity index (χ0n) is 13.2. The van der Waals surface area contributed by atoms with Crippen LogP contribution in [0.1, 0.15) is 47.0 Å². The lowest BCUT2D eigenvalue weighted by atomic mass is 9.87. The van der Waals surface area contributed by atoms with Gasteiger partial charge in [-0.15, -0.1) is 0 Å². The molecule has 2 atom stereocenters. The minimum absolute atomic E-state index is 0.362. The number of nitrogens with one attached hydrogen (secondary N) is 1. The van der Waals surface area contributed by atoms with Crippen LogP contribution in [0.5, 0.6) is 0 Å². The Morgan fingerprint density at radius 1 is 1.32 bits per heavy atom. The molecule has 3 nitrogen and oxygen atoms in total. The number of hydrogen-bond donors (Lipinski definition) is 1. The molecule has 3 heteroatoms. The Kier molecular flexibility index (Phi) is 5.27. The second-order valence-electron chi connectivity index (χ2n) is 6.92. The first-order valence-corrected chi connectivity index (χ1v) is 8.14. The van der Waals surface area contributed by atoms with E-state index in [-0.39, 0.29) is 0 Å². The van der Waals surface area contributed by atoms with Crippen LogP contribution in [-0.2, 0) is 4.74 Å². The molecular weight excluding hydrogens is 236 g/mol. The second-order valence-corrected chi connectivity index (χ2v) is 6.92. The lowest BCUT2D eigenvalue weighted by Crippen LogP contribution is -2.65. The molecule has 1 saturated heterocycles. The normalized spacial score (nSPS) is 33.0. The van der Waals surface area contributed by atoms with Crippen molar-refractivity contribution < 1.29 is 4.74 Å². The van der Waals surface area contributed by atoms with E-state index in [9.17, 15) is 0 Å². The van der Waals surface area contributed by atoms with Crippen molar-refractivity contribution in [2.24, 2.45) is 11.8 Å². The van der Waals surface area contributed by atoms with Gasteiger partial charge in [0.15, 0.2) is 0 Å². The summed E-state index contributed by atoms with van der Waals surface area (Å²) in [5, 5.41) is 3.78. The van der Waals surface area contributed by atoms with Gasteiger partial charge < -0.3 is 10.1 Å². The highest BCUT2D eigenvalue weighted by Crippen LogP contribution is 2.44. The van der Waals surface area contributed by atoms with Crippen molar-refractivity contribution in [3.63, 3.8) is 0 Å². The Labute approximate surface area is 119 Å². The van der Waals surface area contributed by atoms with Crippen molar-refractivity contribution in [1.29, 1.82) is 0 Å². The van der Waals surface area contributed by atoms with E-state index in [1.54, 1.807) is 0 Å². The molecule has 0 aromatic rings. The third-order valence-corrected chi connectivity index (χ3v) is 4.98. The summed E-state index contributed by atoms with van der Waals surface area (Å²) >= 11 is 0. The van der Waals surface area contributed by atoms with Gasteiger partial charge in [-0.2, -0.15) is 0 Å². The van der Waals surface area contributed by atoms with Gasteiger partial charge in [0.05, 0.1) is 6.61 Å². The summed E-state index contributed by atoms with van der Waals surface area (Å²) in [7, 11) is 0. The fourth-order valence-electron chi connectivity index (χ4n) is 3.28. The van der Waals surface area contributed by atoms with E-state index in [1.165, 1.54) is 19.4 Å². The van der Waals surface area contributed by atoms with Gasteiger partial charge in [0.25, 0.3) is 0 Å². The highest BCUT2D eigenvalue weighted by atomic mass is 16.5. The summed E-state index contributed by atoms with van der Waals surface area (Å²) in [6.45, 7) is 14.5. The van der Waals surface area contributed by atoms with Gasteiger partial charge in [-0.05, 0) is 38.0 Å². The number of rotatable bonds is 7. The molecule has 1 saturated carbocycles. The largest absolute Gasteiger partial charge is 0.380 e. The highest BCUT2D eigenvalue weighted by molar-refractivity contribution is 5.05. The molecule has 2 rings (SSSR count). The van der Waals surface area contributed by atoms with Gasteiger partial charge in [0.2, 0.25) is 0 Å². The minimum atomic E-state index is 0.362. The van der Waals surface area contributed by atoms with Crippen molar-refractivity contribution in [2.45, 2.75) is 58.5 Å². The number of hydrogen-bond acceptors (Lipinski definition) is 3. The fraction of sp³-hybridized carbons (Fsp3) is 1.00. The summed E-state index contributed by atoms with van der Waals surface area (Å²) in [4.78, 5) is 2.71. The SMILES string of the molecule is CCCOCCN1CC(C(C)C)NCC1(C)C1CC1. The Balaban J connectivity index is 1.91. The maximum absolute atomic E-state index is 5.71. The third-order valence-electron chi connectivity index (χ3n) is 4.98. The van der Waals surface area contributed by atoms with Gasteiger partial charge in [0.1, 0.15) is 0 Å². The van der Waals surface area contributed by atoms with E-state index in [4.69, 9.17) is 4.74 Å². The van der Waals surface area contributed by atoms with Crippen molar-refractivity contribution in [1.82, 2.24) is 10.2 Å². The van der Waals surface area contributed by atoms with Crippen LogP contribution >= 0.6 is 0 Å². The average Bonchev–Trinajstić information content (AvgIpc) is 3.20. The van der Waals surface area contributed by atoms with Crippen molar-refractivity contribution in [3.8, 4) is 0 Å². The van der Waals surface area contributed by atoms with Crippen LogP contribution in [0.2, 0.25) is 0 Å². The highest BCUT2D eigenvalue weighted by Gasteiger charge is 2.48. The third kappa shape index (κ3) is 3.71. The van der Waals surface area contributed by atoms with E-state index in [2.05, 4.69) is 37.9 Å². The maximum Gasteiger partial charge on any atom is 0.0593 e. The quantitative estimate of drug-likeness (QED) is 0.718. The van der Waals surface area contributed by atoms with E-state index in [0.717, 1.165) is 38.6 Å². The first-order valence-electron chi connectivity index (χ1n) is 8.14. The first kappa shape index (κ1) is 15.3. The monoisotopic (exact) mass is 268 g/mol. The second kappa shape index (κ2) is 6.55. The molecule has 0 aromatic heterocycles. The van der Waals surface area contributed by atoms with Gasteiger partial charge in [0, 0.05) is 37.8 Å². The van der Waals surface area contributed by atoms with E-state index in [0.29, 0.717) is 17.5 Å². The molecule has 2 fully saturated rings. The van der Waals surface area contributed by atoms with Crippen molar-refractivity contribution >= 4 is 0 Å². The van der Waals surface area contributed by atoms with Crippen LogP contribution in [-0.4, -0.2) is 49.3 Å². The molecule has 0 bridgehead atoms. The van der Waals surface area contributed by atoms with Crippen LogP contribution in [0.4, 0.5) is 0 Å². The molecule has 1 N–H and O–H groups in total. The zero-order chi connectivity index (χ0) is 13.9. The molecule has 2 aliphatic rings. The maximum atomic E-state index is 5.71. The van der Waals surface area contributed by atoms with Crippen LogP contribution in [0.3, 0.4) is 0 Å². The van der Waals surface area contributed by atoms with E-state index in [1.807, 2.05) is 0 Å². The molecule has 1 heterocycles. The standard InChI is InChI=1S/C16H32N2O/c1-5-9-19-10-8-18-11-15(13(2)3)17-12-16(18,4)14-6-7-14/h13-15,17H,5-12H2,1-4H3. The molecule has 0 radical (unpaired) electrons. The van der Waals surface area contributed by atoms with Crippen LogP contribution in [0.15, 0.2) is 0 Å². The van der Waals surface area contributed by atoms with Crippen molar-refractivity contribution in [2.75, 3.05) is 32.8 Å². The molecular formula is C16H32N2O. The van der Waals surface area contributed by atoms with Crippen LogP contribution < -0.4 is 5.32 Å². The lowest BCUT2D eigenvalue weighted by molar-refractivity contribution is 0.000494. The summed E-state index contributed by atoms with van der Waals surface area (Å²) in [6.07, 6.45) is 3.95. The summed E-state index contributed by atoms with van der Waals surface area (Å²) < 4.78 is 5.71. The van der Waals surface area contributed by atoms with Gasteiger partial charge in [-0.1, -0.05) is 20.8 Å². The fourth-order valence-corrected chi connectivity index (χ4v) is 3.28. The molecule has 2 unspecified atom stereocenters. The summed E-state index contributed by atoms with van der Waals surface area (Å²) in [6, 6.07) is 0.637. The predicted molar refractivity (Wildman–Crippen MR) is 80.4 cm³/mol. The van der Waals surface area contributed by atoms with Gasteiger partial charge in [-0.3, -0.25) is 4.90 Å². The van der Waals surface area contributed by atoms with Crippen LogP contribution in [0.25, 0.3) is 0 Å². The van der Waals surface area contributed by atoms with Crippen LogP contribution in [0, 0.1) is 11.8 Å². The van der Waals surface area contributed by atoms with E-state index < -0.39 is 0 Å². The average molecular weight is 268 g/mol. The molecule has 112 valence electrons. The predicted octanol–water partition coefficient (Wildman–Crippen LogP) is 2.51. The number of nitrogens with zero attached hydrogens (tertiary/aromatic N) is 1. The Morgan fingerprint density at radius 3 is 2.63 bits per heavy atom. The molecule has 1 aliphatic heterocycles. The molecule has 0 amide bonds. The Hall–Kier alpha value is -0.120. The summed E-state index contributed by atoms with van der Waals surface area (Å²) in [5.74, 6) is 1.61. The number of ether oxygens (including phenoxy) is 1. The Bertz CT molecular complexity index is 278. The minimum Gasteiger partial charge on any atom is -0.380 e. The molecule has 19 heavy (non-hydrogen) atoms. The van der Waals surface area contributed by atoms with Gasteiger partial charge >= 0.3 is 0 Å². The topological polar surface area (TPSA) is 24.5 Å². The molecule has 0 aromatic carbocycles. The lowest BCUT2D eigenvalue weighted by Gasteiger charge is -2.49. The Morgan fingerprint density at radius 2 is 2.05 bits per heavy atom. The van der Waals surface area contributed by atoms with E-state index >= 15 is 0 Å². The molecule has 1 aliphatic carbocycles. The summed E-state index contributed by atoms with van der Waals surface area (Å²) in [5.41, 5.74) is 0.362. The first-order chi connectivity index (χ1) is 9.08. The molecule has 0 spiro atoms. The van der Waals surface area contributed by atoms with Crippen molar-refractivity contribution in [3.05, 3.63) is 0 Å². The zero-order valence-corrected chi connectivity index (χ0v) is 13.2. The number of piperazine rings is 1.